The molecule has 13 rings (SSSR count). The molecule has 1 aliphatic carbocycles. The molecule has 11 aromatic rings. The van der Waals surface area contributed by atoms with Gasteiger partial charge in [-0.2, -0.15) is 0 Å². The van der Waals surface area contributed by atoms with Crippen molar-refractivity contribution in [2.24, 2.45) is 0 Å². The second kappa shape index (κ2) is 15.0. The average Bonchev–Trinajstić information content (AvgIpc) is 3.89. The molecular formula is C62H39N2O2P. The third kappa shape index (κ3) is 5.76. The van der Waals surface area contributed by atoms with Crippen molar-refractivity contribution in [2.45, 2.75) is 5.41 Å². The van der Waals surface area contributed by atoms with Gasteiger partial charge in [-0.15, -0.1) is 0 Å². The maximum absolute atomic E-state index is 15.6. The molecule has 5 heteroatoms. The molecule has 0 saturated carbocycles. The number of ether oxygens (including phenoxy) is 1. The zero-order valence-corrected chi connectivity index (χ0v) is 37.1. The van der Waals surface area contributed by atoms with Gasteiger partial charge in [0.2, 0.25) is 0 Å². The highest BCUT2D eigenvalue weighted by Crippen LogP contribution is 2.63. The highest BCUT2D eigenvalue weighted by Gasteiger charge is 2.51. The second-order valence-electron chi connectivity index (χ2n) is 17.4. The molecule has 0 saturated heterocycles. The number of rotatable bonds is 6. The van der Waals surface area contributed by atoms with Gasteiger partial charge in [0.15, 0.2) is 12.8 Å². The third-order valence-electron chi connectivity index (χ3n) is 13.9. The van der Waals surface area contributed by atoms with Crippen LogP contribution in [0.4, 0.5) is 5.69 Å². The molecule has 2 aliphatic rings. The monoisotopic (exact) mass is 874 g/mol. The number of para-hydroxylation sites is 1. The van der Waals surface area contributed by atoms with Crippen molar-refractivity contribution in [3.05, 3.63) is 270 Å². The van der Waals surface area contributed by atoms with E-state index in [1.54, 1.807) is 0 Å². The fraction of sp³-hybridized carbons (Fsp3) is 0.0161. The van der Waals surface area contributed by atoms with Crippen molar-refractivity contribution in [1.82, 2.24) is 4.57 Å². The Bertz CT molecular complexity index is 3800. The topological polar surface area (TPSA) is 35.6 Å². The summed E-state index contributed by atoms with van der Waals surface area (Å²) in [5.41, 5.74) is 14.2. The summed E-state index contributed by atoms with van der Waals surface area (Å²) < 4.78 is 24.9. The van der Waals surface area contributed by atoms with Crippen molar-refractivity contribution < 1.29 is 9.30 Å². The minimum absolute atomic E-state index is 0.614. The van der Waals surface area contributed by atoms with Crippen LogP contribution in [0.25, 0.3) is 65.7 Å². The maximum Gasteiger partial charge on any atom is 0.188 e. The summed E-state index contributed by atoms with van der Waals surface area (Å²) in [5, 5.41) is 4.52. The largest absolute Gasteiger partial charge is 0.457 e. The molecule has 67 heavy (non-hydrogen) atoms. The smallest absolute Gasteiger partial charge is 0.188 e. The molecule has 0 atom stereocenters. The molecule has 314 valence electrons. The van der Waals surface area contributed by atoms with Crippen LogP contribution in [0.3, 0.4) is 0 Å². The Hall–Kier alpha value is -8.48. The number of aromatic nitrogens is 1. The fourth-order valence-corrected chi connectivity index (χ4v) is 13.7. The maximum atomic E-state index is 15.6. The Balaban J connectivity index is 1.02. The first-order valence-corrected chi connectivity index (χ1v) is 24.2. The highest BCUT2D eigenvalue weighted by molar-refractivity contribution is 7.85. The van der Waals surface area contributed by atoms with Gasteiger partial charge in [-0.1, -0.05) is 170 Å². The Morgan fingerprint density at radius 2 is 0.896 bits per heavy atom. The molecule has 1 aromatic heterocycles. The van der Waals surface area contributed by atoms with Crippen LogP contribution in [0.15, 0.2) is 237 Å². The molecule has 0 unspecified atom stereocenters. The lowest BCUT2D eigenvalue weighted by Gasteiger charge is -2.40. The van der Waals surface area contributed by atoms with Gasteiger partial charge in [-0.05, 0) is 117 Å². The van der Waals surface area contributed by atoms with Crippen LogP contribution in [-0.2, 0) is 9.98 Å². The minimum atomic E-state index is -3.23. The van der Waals surface area contributed by atoms with Crippen molar-refractivity contribution in [3.63, 3.8) is 0 Å². The Kier molecular flexibility index (Phi) is 8.74. The number of hydrogen-bond donors (Lipinski definition) is 0. The summed E-state index contributed by atoms with van der Waals surface area (Å²) in [5.74, 6) is 1.62. The molecule has 0 radical (unpaired) electrons. The Morgan fingerprint density at radius 1 is 0.418 bits per heavy atom. The van der Waals surface area contributed by atoms with Crippen LogP contribution in [-0.4, -0.2) is 4.57 Å². The van der Waals surface area contributed by atoms with E-state index in [4.69, 9.17) is 11.3 Å². The average molecular weight is 875 g/mol. The minimum Gasteiger partial charge on any atom is -0.457 e. The molecule has 0 amide bonds. The van der Waals surface area contributed by atoms with Crippen LogP contribution in [0.1, 0.15) is 22.3 Å². The van der Waals surface area contributed by atoms with E-state index in [2.05, 4.69) is 155 Å². The van der Waals surface area contributed by atoms with Gasteiger partial charge in [-0.25, -0.2) is 4.85 Å². The van der Waals surface area contributed by atoms with E-state index >= 15 is 4.57 Å². The fourth-order valence-electron chi connectivity index (χ4n) is 11.0. The van der Waals surface area contributed by atoms with E-state index in [1.807, 2.05) is 91.0 Å². The van der Waals surface area contributed by atoms with Gasteiger partial charge >= 0.3 is 0 Å². The number of nitrogens with zero attached hydrogens (tertiary/aromatic N) is 2. The molecule has 0 N–H and O–H groups in total. The van der Waals surface area contributed by atoms with Crippen LogP contribution < -0.4 is 20.7 Å². The molecule has 4 nitrogen and oxygen atoms in total. The van der Waals surface area contributed by atoms with Crippen LogP contribution in [0.5, 0.6) is 11.5 Å². The van der Waals surface area contributed by atoms with E-state index in [9.17, 15) is 0 Å². The summed E-state index contributed by atoms with van der Waals surface area (Å²) in [7, 11) is -3.23. The molecule has 10 aromatic carbocycles. The molecule has 0 bridgehead atoms. The summed E-state index contributed by atoms with van der Waals surface area (Å²) in [6.07, 6.45) is 0. The Morgan fingerprint density at radius 3 is 1.49 bits per heavy atom. The number of benzene rings is 10. The first kappa shape index (κ1) is 38.9. The van der Waals surface area contributed by atoms with Crippen molar-refractivity contribution in [3.8, 4) is 50.6 Å². The standard InChI is InChI=1S/C62H39N2O2P/c1-63-45-31-33-59-53(40-45)52-37-42(28-32-58(52)64(59)46-17-5-2-6-18-46)44-30-35-61-57(39-44)62(54-26-13-11-24-50(54)51-25-12-14-27-55(51)62)56-38-43(29-34-60(56)66-61)41-16-15-23-49(36-41)67(65,47-19-7-3-8-20-47)48-21-9-4-10-22-48/h2-40H. The molecule has 1 aliphatic heterocycles. The SMILES string of the molecule is [C-]#[N+]c1ccc2c(c1)c1cc(-c3ccc4c(c3)C3(c5cc(-c6cccc(P(=O)(c7ccccc7)c7ccccc7)c6)ccc5O4)c4ccccc4-c4ccccc43)ccc1n2-c1ccccc1. The normalized spacial score (nSPS) is 13.1. The first-order chi connectivity index (χ1) is 33.0. The summed E-state index contributed by atoms with van der Waals surface area (Å²) in [4.78, 5) is 3.81. The number of fused-ring (bicyclic) bond motifs is 12. The molecular weight excluding hydrogens is 836 g/mol. The predicted molar refractivity (Wildman–Crippen MR) is 275 cm³/mol. The summed E-state index contributed by atoms with van der Waals surface area (Å²) in [6.45, 7) is 7.85. The third-order valence-corrected chi connectivity index (χ3v) is 17.0. The highest BCUT2D eigenvalue weighted by atomic mass is 31.2. The van der Waals surface area contributed by atoms with Gasteiger partial charge in [-0.3, -0.25) is 0 Å². The summed E-state index contributed by atoms with van der Waals surface area (Å²) in [6, 6.07) is 81.9. The number of hydrogen-bond acceptors (Lipinski definition) is 2. The lowest BCUT2D eigenvalue weighted by Crippen LogP contribution is -2.32. The van der Waals surface area contributed by atoms with Crippen LogP contribution >= 0.6 is 7.14 Å². The molecule has 1 spiro atoms. The zero-order chi connectivity index (χ0) is 44.7. The Labute approximate surface area is 388 Å². The van der Waals surface area contributed by atoms with Crippen LogP contribution in [0.2, 0.25) is 0 Å². The van der Waals surface area contributed by atoms with Crippen LogP contribution in [0, 0.1) is 6.57 Å². The summed E-state index contributed by atoms with van der Waals surface area (Å²) >= 11 is 0. The van der Waals surface area contributed by atoms with E-state index in [0.29, 0.717) is 5.69 Å². The van der Waals surface area contributed by atoms with E-state index in [-0.39, 0.29) is 0 Å². The lowest BCUT2D eigenvalue weighted by atomic mass is 9.65. The van der Waals surface area contributed by atoms with Gasteiger partial charge < -0.3 is 13.9 Å². The van der Waals surface area contributed by atoms with E-state index in [0.717, 1.165) is 88.3 Å². The van der Waals surface area contributed by atoms with Gasteiger partial charge in [0.05, 0.1) is 23.0 Å². The van der Waals surface area contributed by atoms with Crippen molar-refractivity contribution in [2.75, 3.05) is 0 Å². The van der Waals surface area contributed by atoms with E-state index < -0.39 is 12.6 Å². The van der Waals surface area contributed by atoms with Gasteiger partial charge in [0, 0.05) is 38.1 Å². The lowest BCUT2D eigenvalue weighted by molar-refractivity contribution is 0.436. The molecule has 0 fully saturated rings. The van der Waals surface area contributed by atoms with Crippen molar-refractivity contribution >= 4 is 50.5 Å². The van der Waals surface area contributed by atoms with Gasteiger partial charge in [0.25, 0.3) is 0 Å². The van der Waals surface area contributed by atoms with Gasteiger partial charge in [0.1, 0.15) is 11.5 Å². The first-order valence-electron chi connectivity index (χ1n) is 22.5. The molecule has 2 heterocycles. The quantitative estimate of drug-likeness (QED) is 0.123. The van der Waals surface area contributed by atoms with Crippen molar-refractivity contribution in [1.29, 1.82) is 0 Å². The second-order valence-corrected chi connectivity index (χ2v) is 20.2. The van der Waals surface area contributed by atoms with E-state index in [1.165, 1.54) is 22.3 Å². The predicted octanol–water partition coefficient (Wildman–Crippen LogP) is 14.8. The zero-order valence-electron chi connectivity index (χ0n) is 36.2.